The summed E-state index contributed by atoms with van der Waals surface area (Å²) < 4.78 is 4.82. The number of nitrogens with zero attached hydrogens (tertiary/aromatic N) is 1. The van der Waals surface area contributed by atoms with Crippen molar-refractivity contribution in [2.45, 2.75) is 33.6 Å². The van der Waals surface area contributed by atoms with Crippen molar-refractivity contribution in [2.75, 3.05) is 31.6 Å². The van der Waals surface area contributed by atoms with E-state index in [0.29, 0.717) is 0 Å². The first-order valence-electron chi connectivity index (χ1n) is 8.41. The Balaban J connectivity index is 2.84. The lowest BCUT2D eigenvalue weighted by molar-refractivity contribution is -0.146. The van der Waals surface area contributed by atoms with Gasteiger partial charge in [-0.3, -0.25) is 19.3 Å². The molecule has 0 aliphatic carbocycles. The molecule has 1 aromatic rings. The first-order chi connectivity index (χ1) is 11.9. The normalized spacial score (nSPS) is 10.6. The van der Waals surface area contributed by atoms with Crippen LogP contribution in [0.25, 0.3) is 0 Å². The molecule has 0 unspecified atom stereocenters. The minimum atomic E-state index is -1.11. The number of aryl methyl sites for hydroxylation is 2. The van der Waals surface area contributed by atoms with E-state index in [4.69, 9.17) is 9.84 Å². The topological polar surface area (TPSA) is 95.9 Å². The SMILES string of the molecule is CCOC(=O)CN(CC(=O)O)CC(=O)Nc1c(CC)cccc1CC. The zero-order chi connectivity index (χ0) is 18.8. The van der Waals surface area contributed by atoms with Crippen LogP contribution in [0.15, 0.2) is 18.2 Å². The molecule has 0 radical (unpaired) electrons. The van der Waals surface area contributed by atoms with Crippen LogP contribution in [0.4, 0.5) is 5.69 Å². The van der Waals surface area contributed by atoms with Gasteiger partial charge in [0, 0.05) is 5.69 Å². The van der Waals surface area contributed by atoms with Crippen LogP contribution in [-0.2, 0) is 32.0 Å². The van der Waals surface area contributed by atoms with Crippen molar-refractivity contribution in [3.8, 4) is 0 Å². The molecule has 0 saturated carbocycles. The number of aliphatic carboxylic acids is 1. The number of anilines is 1. The van der Waals surface area contributed by atoms with Crippen LogP contribution in [0.3, 0.4) is 0 Å². The molecule has 2 N–H and O–H groups in total. The summed E-state index contributed by atoms with van der Waals surface area (Å²) in [5.74, 6) is -2.03. The summed E-state index contributed by atoms with van der Waals surface area (Å²) in [7, 11) is 0. The molecule has 0 saturated heterocycles. The number of hydrogen-bond donors (Lipinski definition) is 2. The van der Waals surface area contributed by atoms with Crippen molar-refractivity contribution in [3.05, 3.63) is 29.3 Å². The Bertz CT molecular complexity index is 593. The molecule has 7 heteroatoms. The molecule has 1 amide bonds. The zero-order valence-electron chi connectivity index (χ0n) is 15.0. The van der Waals surface area contributed by atoms with Gasteiger partial charge in [0.1, 0.15) is 0 Å². The zero-order valence-corrected chi connectivity index (χ0v) is 15.0. The molecule has 1 aromatic carbocycles. The van der Waals surface area contributed by atoms with E-state index in [1.807, 2.05) is 32.0 Å². The van der Waals surface area contributed by atoms with Gasteiger partial charge < -0.3 is 15.2 Å². The van der Waals surface area contributed by atoms with Crippen molar-refractivity contribution < 1.29 is 24.2 Å². The Morgan fingerprint density at radius 2 is 1.64 bits per heavy atom. The lowest BCUT2D eigenvalue weighted by atomic mass is 10.0. The second-order valence-corrected chi connectivity index (χ2v) is 5.55. The summed E-state index contributed by atoms with van der Waals surface area (Å²) in [6.45, 7) is 5.01. The smallest absolute Gasteiger partial charge is 0.320 e. The van der Waals surface area contributed by atoms with E-state index in [9.17, 15) is 14.4 Å². The van der Waals surface area contributed by atoms with Gasteiger partial charge in [0.05, 0.1) is 26.2 Å². The molecule has 0 fully saturated rings. The third-order valence-electron chi connectivity index (χ3n) is 3.65. The van der Waals surface area contributed by atoms with Crippen LogP contribution < -0.4 is 5.32 Å². The first kappa shape index (κ1) is 20.6. The van der Waals surface area contributed by atoms with Crippen molar-refractivity contribution in [2.24, 2.45) is 0 Å². The van der Waals surface area contributed by atoms with E-state index < -0.39 is 18.5 Å². The number of hydrogen-bond acceptors (Lipinski definition) is 5. The average Bonchev–Trinajstić information content (AvgIpc) is 2.54. The molecule has 25 heavy (non-hydrogen) atoms. The second-order valence-electron chi connectivity index (χ2n) is 5.55. The number of carbonyl (C=O) groups is 3. The summed E-state index contributed by atoms with van der Waals surface area (Å²) >= 11 is 0. The lowest BCUT2D eigenvalue weighted by Gasteiger charge is -2.20. The van der Waals surface area contributed by atoms with Crippen LogP contribution in [-0.4, -0.2) is 54.1 Å². The Morgan fingerprint density at radius 3 is 2.12 bits per heavy atom. The summed E-state index contributed by atoms with van der Waals surface area (Å²) in [5, 5.41) is 11.8. The van der Waals surface area contributed by atoms with Crippen LogP contribution in [0.2, 0.25) is 0 Å². The number of nitrogens with one attached hydrogen (secondary N) is 1. The molecule has 0 bridgehead atoms. The number of carbonyl (C=O) groups excluding carboxylic acids is 2. The molecule has 7 nitrogen and oxygen atoms in total. The molecule has 0 aliphatic rings. The summed E-state index contributed by atoms with van der Waals surface area (Å²) in [5.41, 5.74) is 2.80. The molecule has 138 valence electrons. The van der Waals surface area contributed by atoms with E-state index in [2.05, 4.69) is 5.32 Å². The maximum atomic E-state index is 12.4. The molecular weight excluding hydrogens is 324 g/mol. The fraction of sp³-hybridized carbons (Fsp3) is 0.500. The van der Waals surface area contributed by atoms with Crippen LogP contribution in [0.1, 0.15) is 31.9 Å². The standard InChI is InChI=1S/C18H26N2O5/c1-4-13-8-7-9-14(5-2)18(13)19-15(21)10-20(11-16(22)23)12-17(24)25-6-3/h7-9H,4-6,10-12H2,1-3H3,(H,19,21)(H,22,23). The highest BCUT2D eigenvalue weighted by Crippen LogP contribution is 2.22. The van der Waals surface area contributed by atoms with Gasteiger partial charge in [-0.15, -0.1) is 0 Å². The number of para-hydroxylation sites is 1. The minimum absolute atomic E-state index is 0.202. The van der Waals surface area contributed by atoms with Gasteiger partial charge in [-0.2, -0.15) is 0 Å². The van der Waals surface area contributed by atoms with Crippen LogP contribution in [0.5, 0.6) is 0 Å². The monoisotopic (exact) mass is 350 g/mol. The third kappa shape index (κ3) is 6.93. The van der Waals surface area contributed by atoms with Crippen LogP contribution >= 0.6 is 0 Å². The first-order valence-corrected chi connectivity index (χ1v) is 8.41. The predicted molar refractivity (Wildman–Crippen MR) is 94.5 cm³/mol. The number of rotatable bonds is 10. The van der Waals surface area contributed by atoms with Crippen molar-refractivity contribution in [1.82, 2.24) is 4.90 Å². The highest BCUT2D eigenvalue weighted by Gasteiger charge is 2.19. The van der Waals surface area contributed by atoms with Crippen LogP contribution in [0, 0.1) is 0 Å². The van der Waals surface area contributed by atoms with Gasteiger partial charge in [0.2, 0.25) is 5.91 Å². The van der Waals surface area contributed by atoms with Gasteiger partial charge in [-0.05, 0) is 30.9 Å². The largest absolute Gasteiger partial charge is 0.480 e. The number of carboxylic acids is 1. The summed E-state index contributed by atoms with van der Waals surface area (Å²) in [6.07, 6.45) is 1.54. The lowest BCUT2D eigenvalue weighted by Crippen LogP contribution is -2.40. The maximum Gasteiger partial charge on any atom is 0.320 e. The summed E-state index contributed by atoms with van der Waals surface area (Å²) in [6, 6.07) is 5.84. The second kappa shape index (κ2) is 10.5. The van der Waals surface area contributed by atoms with E-state index in [-0.39, 0.29) is 25.6 Å². The highest BCUT2D eigenvalue weighted by molar-refractivity contribution is 5.94. The molecular formula is C18H26N2O5. The quantitative estimate of drug-likeness (QED) is 0.624. The average molecular weight is 350 g/mol. The van der Waals surface area contributed by atoms with E-state index in [1.165, 1.54) is 4.90 Å². The molecule has 0 aromatic heterocycles. The fourth-order valence-corrected chi connectivity index (χ4v) is 2.53. The van der Waals surface area contributed by atoms with E-state index >= 15 is 0 Å². The fourth-order valence-electron chi connectivity index (χ4n) is 2.53. The number of esters is 1. The van der Waals surface area contributed by atoms with Gasteiger partial charge in [-0.1, -0.05) is 32.0 Å². The van der Waals surface area contributed by atoms with Gasteiger partial charge in [0.25, 0.3) is 0 Å². The Hall–Kier alpha value is -2.41. The van der Waals surface area contributed by atoms with Gasteiger partial charge >= 0.3 is 11.9 Å². The number of carboxylic acid groups (broad SMARTS) is 1. The maximum absolute atomic E-state index is 12.4. The molecule has 1 rings (SSSR count). The van der Waals surface area contributed by atoms with Gasteiger partial charge in [-0.25, -0.2) is 0 Å². The van der Waals surface area contributed by atoms with Crippen molar-refractivity contribution in [1.29, 1.82) is 0 Å². The van der Waals surface area contributed by atoms with E-state index in [0.717, 1.165) is 29.7 Å². The van der Waals surface area contributed by atoms with E-state index in [1.54, 1.807) is 6.92 Å². The number of amides is 1. The Labute approximate surface area is 148 Å². The molecule has 0 heterocycles. The third-order valence-corrected chi connectivity index (χ3v) is 3.65. The molecule has 0 aliphatic heterocycles. The number of benzene rings is 1. The Kier molecular flexibility index (Phi) is 8.63. The Morgan fingerprint density at radius 1 is 1.04 bits per heavy atom. The molecule has 0 spiro atoms. The minimum Gasteiger partial charge on any atom is -0.480 e. The van der Waals surface area contributed by atoms with Crippen molar-refractivity contribution >= 4 is 23.5 Å². The number of ether oxygens (including phenoxy) is 1. The predicted octanol–water partition coefficient (Wildman–Crippen LogP) is 1.70. The highest BCUT2D eigenvalue weighted by atomic mass is 16.5. The molecule has 0 atom stereocenters. The summed E-state index contributed by atoms with van der Waals surface area (Å²) in [4.78, 5) is 36.2. The van der Waals surface area contributed by atoms with Gasteiger partial charge in [0.15, 0.2) is 0 Å². The van der Waals surface area contributed by atoms with Crippen molar-refractivity contribution in [3.63, 3.8) is 0 Å².